The van der Waals surface area contributed by atoms with Gasteiger partial charge in [0.05, 0.1) is 5.41 Å². The van der Waals surface area contributed by atoms with Crippen molar-refractivity contribution in [1.82, 2.24) is 4.90 Å². The summed E-state index contributed by atoms with van der Waals surface area (Å²) in [6, 6.07) is 16.1. The molecule has 124 valence electrons. The fourth-order valence-corrected chi connectivity index (χ4v) is 3.47. The Hall–Kier alpha value is -2.33. The lowest BCUT2D eigenvalue weighted by Gasteiger charge is -2.39. The van der Waals surface area contributed by atoms with Crippen molar-refractivity contribution in [2.75, 3.05) is 13.1 Å². The zero-order valence-corrected chi connectivity index (χ0v) is 13.9. The van der Waals surface area contributed by atoms with Gasteiger partial charge in [-0.3, -0.25) is 9.59 Å². The molecule has 1 N–H and O–H groups in total. The largest absolute Gasteiger partial charge is 0.481 e. The van der Waals surface area contributed by atoms with Crippen LogP contribution < -0.4 is 0 Å². The molecule has 2 aromatic carbocycles. The van der Waals surface area contributed by atoms with Gasteiger partial charge in [0.15, 0.2) is 0 Å². The highest BCUT2D eigenvalue weighted by molar-refractivity contribution is 6.30. The monoisotopic (exact) mass is 343 g/mol. The Morgan fingerprint density at radius 3 is 2.25 bits per heavy atom. The third-order valence-electron chi connectivity index (χ3n) is 4.71. The fraction of sp³-hybridized carbons (Fsp3) is 0.263. The van der Waals surface area contributed by atoms with Gasteiger partial charge in [-0.05, 0) is 36.6 Å². The normalized spacial score (nSPS) is 16.6. The molecule has 0 unspecified atom stereocenters. The van der Waals surface area contributed by atoms with Crippen LogP contribution in [0.2, 0.25) is 5.02 Å². The first-order valence-electron chi connectivity index (χ1n) is 7.87. The van der Waals surface area contributed by atoms with Crippen molar-refractivity contribution in [2.24, 2.45) is 0 Å². The van der Waals surface area contributed by atoms with Crippen LogP contribution in [-0.2, 0) is 10.2 Å². The van der Waals surface area contributed by atoms with E-state index >= 15 is 0 Å². The van der Waals surface area contributed by atoms with Gasteiger partial charge in [-0.1, -0.05) is 48.0 Å². The number of amides is 1. The standard InChI is InChI=1S/C19H18ClNO3/c20-16-8-4-5-14(13-16)17(22)21-11-9-19(10-12-21,18(23)24)15-6-2-1-3-7-15/h1-8,13H,9-12H2,(H,23,24). The molecule has 0 spiro atoms. The van der Waals surface area contributed by atoms with Crippen LogP contribution in [0.4, 0.5) is 0 Å². The summed E-state index contributed by atoms with van der Waals surface area (Å²) in [5, 5.41) is 10.3. The molecule has 2 aromatic rings. The van der Waals surface area contributed by atoms with E-state index in [9.17, 15) is 14.7 Å². The van der Waals surface area contributed by atoms with Crippen LogP contribution in [0.25, 0.3) is 0 Å². The van der Waals surface area contributed by atoms with Crippen molar-refractivity contribution < 1.29 is 14.7 Å². The van der Waals surface area contributed by atoms with E-state index in [1.165, 1.54) is 0 Å². The summed E-state index contributed by atoms with van der Waals surface area (Å²) >= 11 is 5.95. The molecular weight excluding hydrogens is 326 g/mol. The summed E-state index contributed by atoms with van der Waals surface area (Å²) < 4.78 is 0. The Labute approximate surface area is 145 Å². The van der Waals surface area contributed by atoms with Crippen LogP contribution in [-0.4, -0.2) is 35.0 Å². The molecule has 5 heteroatoms. The van der Waals surface area contributed by atoms with E-state index in [-0.39, 0.29) is 5.91 Å². The predicted molar refractivity (Wildman–Crippen MR) is 92.3 cm³/mol. The molecule has 4 nitrogen and oxygen atoms in total. The van der Waals surface area contributed by atoms with E-state index in [0.29, 0.717) is 36.5 Å². The van der Waals surface area contributed by atoms with Gasteiger partial charge in [0.2, 0.25) is 0 Å². The van der Waals surface area contributed by atoms with Crippen molar-refractivity contribution in [2.45, 2.75) is 18.3 Å². The molecule has 3 rings (SSSR count). The number of carboxylic acid groups (broad SMARTS) is 1. The first kappa shape index (κ1) is 16.5. The molecule has 0 radical (unpaired) electrons. The van der Waals surface area contributed by atoms with Gasteiger partial charge in [0.1, 0.15) is 0 Å². The summed E-state index contributed by atoms with van der Waals surface area (Å²) in [5.41, 5.74) is 0.407. The number of hydrogen-bond donors (Lipinski definition) is 1. The van der Waals surface area contributed by atoms with Gasteiger partial charge in [-0.2, -0.15) is 0 Å². The van der Waals surface area contributed by atoms with Gasteiger partial charge in [-0.25, -0.2) is 0 Å². The molecule has 0 aromatic heterocycles. The smallest absolute Gasteiger partial charge is 0.314 e. The van der Waals surface area contributed by atoms with Gasteiger partial charge in [0.25, 0.3) is 5.91 Å². The number of hydrogen-bond acceptors (Lipinski definition) is 2. The molecule has 24 heavy (non-hydrogen) atoms. The number of carboxylic acids is 1. The maximum Gasteiger partial charge on any atom is 0.314 e. The van der Waals surface area contributed by atoms with Crippen molar-refractivity contribution in [3.63, 3.8) is 0 Å². The third-order valence-corrected chi connectivity index (χ3v) is 4.95. The summed E-state index contributed by atoms with van der Waals surface area (Å²) in [4.78, 5) is 26.2. The number of halogens is 1. The SMILES string of the molecule is O=C(c1cccc(Cl)c1)N1CCC(C(=O)O)(c2ccccc2)CC1. The van der Waals surface area contributed by atoms with Gasteiger partial charge in [0, 0.05) is 23.7 Å². The van der Waals surface area contributed by atoms with Crippen LogP contribution >= 0.6 is 11.6 Å². The highest BCUT2D eigenvalue weighted by Gasteiger charge is 2.43. The summed E-state index contributed by atoms with van der Waals surface area (Å²) in [7, 11) is 0. The van der Waals surface area contributed by atoms with Gasteiger partial charge < -0.3 is 10.0 Å². The van der Waals surface area contributed by atoms with Crippen molar-refractivity contribution in [3.05, 3.63) is 70.7 Å². The lowest BCUT2D eigenvalue weighted by Crippen LogP contribution is -2.49. The van der Waals surface area contributed by atoms with Crippen LogP contribution in [0.3, 0.4) is 0 Å². The number of carbonyl (C=O) groups excluding carboxylic acids is 1. The lowest BCUT2D eigenvalue weighted by atomic mass is 9.73. The number of benzene rings is 2. The first-order valence-corrected chi connectivity index (χ1v) is 8.24. The summed E-state index contributed by atoms with van der Waals surface area (Å²) in [5.74, 6) is -0.937. The number of likely N-dealkylation sites (tertiary alicyclic amines) is 1. The maximum atomic E-state index is 12.6. The molecule has 1 aliphatic heterocycles. The van der Waals surface area contributed by atoms with Crippen molar-refractivity contribution >= 4 is 23.5 Å². The number of piperidine rings is 1. The molecule has 0 atom stereocenters. The number of aliphatic carboxylic acids is 1. The van der Waals surface area contributed by atoms with E-state index in [2.05, 4.69) is 0 Å². The van der Waals surface area contributed by atoms with Crippen molar-refractivity contribution in [3.8, 4) is 0 Å². The highest BCUT2D eigenvalue weighted by atomic mass is 35.5. The van der Waals surface area contributed by atoms with Crippen LogP contribution in [0.15, 0.2) is 54.6 Å². The van der Waals surface area contributed by atoms with Crippen LogP contribution in [0.5, 0.6) is 0 Å². The number of nitrogens with zero attached hydrogens (tertiary/aromatic N) is 1. The predicted octanol–water partition coefficient (Wildman–Crippen LogP) is 3.60. The molecule has 0 saturated carbocycles. The second kappa shape index (κ2) is 6.65. The second-order valence-corrected chi connectivity index (χ2v) is 6.49. The lowest BCUT2D eigenvalue weighted by molar-refractivity contribution is -0.145. The maximum absolute atomic E-state index is 12.6. The first-order chi connectivity index (χ1) is 11.5. The average molecular weight is 344 g/mol. The van der Waals surface area contributed by atoms with Crippen LogP contribution in [0.1, 0.15) is 28.8 Å². The number of carbonyl (C=O) groups is 2. The average Bonchev–Trinajstić information content (AvgIpc) is 2.62. The zero-order valence-electron chi connectivity index (χ0n) is 13.1. The molecule has 1 saturated heterocycles. The Bertz CT molecular complexity index is 752. The topological polar surface area (TPSA) is 57.6 Å². The minimum absolute atomic E-state index is 0.107. The minimum atomic E-state index is -0.924. The second-order valence-electron chi connectivity index (χ2n) is 6.06. The van der Waals surface area contributed by atoms with Crippen LogP contribution in [0, 0.1) is 0 Å². The molecule has 1 heterocycles. The summed E-state index contributed by atoms with van der Waals surface area (Å²) in [6.45, 7) is 0.819. The quantitative estimate of drug-likeness (QED) is 0.926. The van der Waals surface area contributed by atoms with E-state index in [4.69, 9.17) is 11.6 Å². The molecule has 0 aliphatic carbocycles. The van der Waals surface area contributed by atoms with E-state index in [0.717, 1.165) is 5.56 Å². The van der Waals surface area contributed by atoms with E-state index < -0.39 is 11.4 Å². The Morgan fingerprint density at radius 2 is 1.67 bits per heavy atom. The van der Waals surface area contributed by atoms with E-state index in [1.807, 2.05) is 30.3 Å². The minimum Gasteiger partial charge on any atom is -0.481 e. The van der Waals surface area contributed by atoms with Crippen molar-refractivity contribution in [1.29, 1.82) is 0 Å². The molecule has 0 bridgehead atoms. The van der Waals surface area contributed by atoms with Gasteiger partial charge >= 0.3 is 5.97 Å². The van der Waals surface area contributed by atoms with Gasteiger partial charge in [-0.15, -0.1) is 0 Å². The molecule has 1 amide bonds. The zero-order chi connectivity index (χ0) is 17.2. The summed E-state index contributed by atoms with van der Waals surface area (Å²) in [6.07, 6.45) is 0.803. The molecule has 1 fully saturated rings. The highest BCUT2D eigenvalue weighted by Crippen LogP contribution is 2.36. The molecule has 1 aliphatic rings. The third kappa shape index (κ3) is 3.02. The Kier molecular flexibility index (Phi) is 4.58. The Morgan fingerprint density at radius 1 is 1.00 bits per heavy atom. The molecular formula is C19H18ClNO3. The van der Waals surface area contributed by atoms with E-state index in [1.54, 1.807) is 29.2 Å². The fourth-order valence-electron chi connectivity index (χ4n) is 3.28. The Balaban J connectivity index is 1.79. The number of rotatable bonds is 3.